The highest BCUT2D eigenvalue weighted by molar-refractivity contribution is 6.31. The molecule has 2 aromatic rings. The van der Waals surface area contributed by atoms with Crippen LogP contribution in [0.25, 0.3) is 0 Å². The van der Waals surface area contributed by atoms with E-state index < -0.39 is 0 Å². The minimum Gasteiger partial charge on any atom is -0.495 e. The van der Waals surface area contributed by atoms with E-state index in [9.17, 15) is 4.79 Å². The lowest BCUT2D eigenvalue weighted by Gasteiger charge is -2.11. The van der Waals surface area contributed by atoms with Crippen molar-refractivity contribution in [3.8, 4) is 5.75 Å². The third kappa shape index (κ3) is 5.60. The predicted octanol–water partition coefficient (Wildman–Crippen LogP) is 4.30. The fraction of sp³-hybridized carbons (Fsp3) is 0.389. The first-order valence-electron chi connectivity index (χ1n) is 8.28. The normalized spacial score (nSPS) is 10.4. The molecule has 0 aliphatic rings. The van der Waals surface area contributed by atoms with Gasteiger partial charge in [-0.25, -0.2) is 9.97 Å². The van der Waals surface area contributed by atoms with E-state index in [0.29, 0.717) is 28.1 Å². The summed E-state index contributed by atoms with van der Waals surface area (Å²) in [5.41, 5.74) is 0.779. The molecule has 0 atom stereocenters. The third-order valence-corrected chi connectivity index (χ3v) is 3.80. The van der Waals surface area contributed by atoms with Crippen molar-refractivity contribution in [3.05, 3.63) is 40.8 Å². The van der Waals surface area contributed by atoms with E-state index in [4.69, 9.17) is 16.3 Å². The van der Waals surface area contributed by atoms with Gasteiger partial charge in [0.25, 0.3) is 5.91 Å². The van der Waals surface area contributed by atoms with Gasteiger partial charge < -0.3 is 15.4 Å². The average Bonchev–Trinajstić information content (AvgIpc) is 2.58. The van der Waals surface area contributed by atoms with Gasteiger partial charge in [-0.2, -0.15) is 0 Å². The van der Waals surface area contributed by atoms with Crippen molar-refractivity contribution in [1.82, 2.24) is 9.97 Å². The zero-order valence-electron chi connectivity index (χ0n) is 14.7. The van der Waals surface area contributed by atoms with E-state index in [-0.39, 0.29) is 11.6 Å². The van der Waals surface area contributed by atoms with Crippen molar-refractivity contribution < 1.29 is 9.53 Å². The minimum atomic E-state index is -0.345. The van der Waals surface area contributed by atoms with Crippen molar-refractivity contribution in [1.29, 1.82) is 0 Å². The standard InChI is InChI=1S/C18H23ClN4O2/c1-4-5-6-9-20-17-11-15(21-12(2)22-17)18(24)23-14-10-13(19)7-8-16(14)25-3/h7-8,10-11H,4-6,9H2,1-3H3,(H,23,24)(H,20,21,22). The van der Waals surface area contributed by atoms with Crippen molar-refractivity contribution in [2.24, 2.45) is 0 Å². The molecule has 0 unspecified atom stereocenters. The molecule has 134 valence electrons. The molecule has 0 fully saturated rings. The fourth-order valence-corrected chi connectivity index (χ4v) is 2.50. The minimum absolute atomic E-state index is 0.285. The zero-order valence-corrected chi connectivity index (χ0v) is 15.5. The molecule has 0 bridgehead atoms. The second-order valence-corrected chi connectivity index (χ2v) is 6.05. The number of hydrogen-bond donors (Lipinski definition) is 2. The maximum Gasteiger partial charge on any atom is 0.274 e. The van der Waals surface area contributed by atoms with Gasteiger partial charge in [0.1, 0.15) is 23.1 Å². The van der Waals surface area contributed by atoms with E-state index in [1.165, 1.54) is 7.11 Å². The van der Waals surface area contributed by atoms with Crippen LogP contribution in [0, 0.1) is 6.92 Å². The van der Waals surface area contributed by atoms with Crippen LogP contribution in [0.15, 0.2) is 24.3 Å². The summed E-state index contributed by atoms with van der Waals surface area (Å²) in [5, 5.41) is 6.52. The highest BCUT2D eigenvalue weighted by Gasteiger charge is 2.13. The molecule has 7 heteroatoms. The lowest BCUT2D eigenvalue weighted by Crippen LogP contribution is -2.16. The summed E-state index contributed by atoms with van der Waals surface area (Å²) in [6.07, 6.45) is 3.36. The number of benzene rings is 1. The smallest absolute Gasteiger partial charge is 0.274 e. The van der Waals surface area contributed by atoms with Crippen LogP contribution in [0.4, 0.5) is 11.5 Å². The van der Waals surface area contributed by atoms with Gasteiger partial charge >= 0.3 is 0 Å². The molecule has 2 rings (SSSR count). The predicted molar refractivity (Wildman–Crippen MR) is 101 cm³/mol. The quantitative estimate of drug-likeness (QED) is 0.684. The van der Waals surface area contributed by atoms with Gasteiger partial charge in [-0.15, -0.1) is 0 Å². The molecule has 1 aromatic carbocycles. The topological polar surface area (TPSA) is 76.1 Å². The summed E-state index contributed by atoms with van der Waals surface area (Å²) < 4.78 is 5.24. The number of nitrogens with one attached hydrogen (secondary N) is 2. The van der Waals surface area contributed by atoms with E-state index in [1.807, 2.05) is 0 Å². The number of halogens is 1. The monoisotopic (exact) mass is 362 g/mol. The number of unbranched alkanes of at least 4 members (excludes halogenated alkanes) is 2. The molecular weight excluding hydrogens is 340 g/mol. The molecule has 0 spiro atoms. The lowest BCUT2D eigenvalue weighted by molar-refractivity contribution is 0.102. The van der Waals surface area contributed by atoms with Crippen LogP contribution in [0.2, 0.25) is 5.02 Å². The number of ether oxygens (including phenoxy) is 1. The Hall–Kier alpha value is -2.34. The van der Waals surface area contributed by atoms with Crippen molar-refractivity contribution in [3.63, 3.8) is 0 Å². The Morgan fingerprint density at radius 3 is 2.76 bits per heavy atom. The summed E-state index contributed by atoms with van der Waals surface area (Å²) in [6, 6.07) is 6.68. The first-order chi connectivity index (χ1) is 12.0. The second kappa shape index (κ2) is 9.22. The van der Waals surface area contributed by atoms with Gasteiger partial charge in [0.05, 0.1) is 12.8 Å². The van der Waals surface area contributed by atoms with Crippen molar-refractivity contribution in [2.45, 2.75) is 33.1 Å². The molecule has 0 aliphatic heterocycles. The van der Waals surface area contributed by atoms with Crippen molar-refractivity contribution in [2.75, 3.05) is 24.3 Å². The van der Waals surface area contributed by atoms with Crippen LogP contribution in [-0.4, -0.2) is 29.5 Å². The molecule has 0 saturated heterocycles. The number of carbonyl (C=O) groups excluding carboxylic acids is 1. The van der Waals surface area contributed by atoms with Gasteiger partial charge in [-0.1, -0.05) is 31.4 Å². The van der Waals surface area contributed by atoms with Crippen molar-refractivity contribution >= 4 is 29.0 Å². The number of anilines is 2. The van der Waals surface area contributed by atoms with E-state index in [1.54, 1.807) is 31.2 Å². The molecule has 1 aromatic heterocycles. The molecule has 0 aliphatic carbocycles. The number of carbonyl (C=O) groups is 1. The summed E-state index contributed by atoms with van der Waals surface area (Å²) in [6.45, 7) is 4.73. The number of aryl methyl sites for hydroxylation is 1. The van der Waals surface area contributed by atoms with E-state index in [0.717, 1.165) is 25.8 Å². The van der Waals surface area contributed by atoms with Crippen LogP contribution in [0.3, 0.4) is 0 Å². The third-order valence-electron chi connectivity index (χ3n) is 3.57. The summed E-state index contributed by atoms with van der Waals surface area (Å²) in [7, 11) is 1.53. The summed E-state index contributed by atoms with van der Waals surface area (Å²) in [4.78, 5) is 21.1. The van der Waals surface area contributed by atoms with Crippen LogP contribution in [0.1, 0.15) is 42.5 Å². The fourth-order valence-electron chi connectivity index (χ4n) is 2.33. The molecule has 1 amide bonds. The number of methoxy groups -OCH3 is 1. The molecule has 6 nitrogen and oxygen atoms in total. The molecule has 0 radical (unpaired) electrons. The SMILES string of the molecule is CCCCCNc1cc(C(=O)Nc2cc(Cl)ccc2OC)nc(C)n1. The maximum atomic E-state index is 12.5. The van der Waals surface area contributed by atoms with Gasteiger partial charge in [-0.3, -0.25) is 4.79 Å². The molecule has 25 heavy (non-hydrogen) atoms. The van der Waals surface area contributed by atoms with Gasteiger partial charge in [-0.05, 0) is 31.5 Å². The maximum absolute atomic E-state index is 12.5. The highest BCUT2D eigenvalue weighted by atomic mass is 35.5. The van der Waals surface area contributed by atoms with Gasteiger partial charge in [0.15, 0.2) is 0 Å². The Morgan fingerprint density at radius 1 is 1.24 bits per heavy atom. The van der Waals surface area contributed by atoms with E-state index in [2.05, 4.69) is 27.5 Å². The molecule has 2 N–H and O–H groups in total. The first-order valence-corrected chi connectivity index (χ1v) is 8.65. The van der Waals surface area contributed by atoms with Gasteiger partial charge in [0.2, 0.25) is 0 Å². The highest BCUT2D eigenvalue weighted by Crippen LogP contribution is 2.28. The van der Waals surface area contributed by atoms with E-state index >= 15 is 0 Å². The van der Waals surface area contributed by atoms with Crippen LogP contribution >= 0.6 is 11.6 Å². The zero-order chi connectivity index (χ0) is 18.2. The summed E-state index contributed by atoms with van der Waals surface area (Å²) >= 11 is 5.99. The number of hydrogen-bond acceptors (Lipinski definition) is 5. The number of amides is 1. The molecular formula is C18H23ClN4O2. The second-order valence-electron chi connectivity index (χ2n) is 5.62. The number of rotatable bonds is 8. The Morgan fingerprint density at radius 2 is 2.04 bits per heavy atom. The van der Waals surface area contributed by atoms with Gasteiger partial charge in [0, 0.05) is 17.6 Å². The van der Waals surface area contributed by atoms with Crippen LogP contribution in [-0.2, 0) is 0 Å². The Balaban J connectivity index is 2.13. The Bertz CT molecular complexity index is 737. The largest absolute Gasteiger partial charge is 0.495 e. The Kier molecular flexibility index (Phi) is 7.01. The molecule has 0 saturated carbocycles. The summed E-state index contributed by atoms with van der Waals surface area (Å²) in [5.74, 6) is 1.36. The molecule has 1 heterocycles. The lowest BCUT2D eigenvalue weighted by atomic mass is 10.2. The first kappa shape index (κ1) is 19.0. The average molecular weight is 363 g/mol. The number of nitrogens with zero attached hydrogens (tertiary/aromatic N) is 2. The number of aromatic nitrogens is 2. The Labute approximate surface area is 153 Å². The van der Waals surface area contributed by atoms with Crippen LogP contribution < -0.4 is 15.4 Å². The van der Waals surface area contributed by atoms with Crippen LogP contribution in [0.5, 0.6) is 5.75 Å².